The number of thiazole rings is 1. The Balaban J connectivity index is 1.33. The third-order valence-corrected chi connectivity index (χ3v) is 5.62. The summed E-state index contributed by atoms with van der Waals surface area (Å²) in [6, 6.07) is 13.9. The summed E-state index contributed by atoms with van der Waals surface area (Å²) < 4.78 is 12.3. The second-order valence-electron chi connectivity index (χ2n) is 6.28. The van der Waals surface area contributed by atoms with Gasteiger partial charge >= 0.3 is 0 Å². The highest BCUT2D eigenvalue weighted by Gasteiger charge is 2.27. The van der Waals surface area contributed by atoms with E-state index in [9.17, 15) is 4.79 Å². The van der Waals surface area contributed by atoms with Crippen molar-refractivity contribution in [1.29, 1.82) is 0 Å². The lowest BCUT2D eigenvalue weighted by molar-refractivity contribution is -0.126. The van der Waals surface area contributed by atoms with Crippen LogP contribution < -0.4 is 14.8 Å². The van der Waals surface area contributed by atoms with Crippen LogP contribution in [0.5, 0.6) is 11.5 Å². The summed E-state index contributed by atoms with van der Waals surface area (Å²) in [6.07, 6.45) is 1.41. The summed E-state index contributed by atoms with van der Waals surface area (Å²) in [4.78, 5) is 17.1. The van der Waals surface area contributed by atoms with Gasteiger partial charge in [0.25, 0.3) is 0 Å². The number of ether oxygens (including phenoxy) is 2. The molecule has 1 amide bonds. The first-order valence-electron chi connectivity index (χ1n) is 8.65. The zero-order valence-corrected chi connectivity index (χ0v) is 15.3. The molecule has 2 heterocycles. The maximum atomic E-state index is 12.5. The number of methoxy groups -OCH3 is 1. The van der Waals surface area contributed by atoms with E-state index in [0.717, 1.165) is 34.0 Å². The van der Waals surface area contributed by atoms with Crippen molar-refractivity contribution in [3.05, 3.63) is 53.0 Å². The Bertz CT molecular complexity index is 905. The molecule has 0 aliphatic carbocycles. The lowest BCUT2D eigenvalue weighted by Gasteiger charge is -2.25. The number of fused-ring (bicyclic) bond motifs is 2. The predicted molar refractivity (Wildman–Crippen MR) is 102 cm³/mol. The number of benzene rings is 2. The van der Waals surface area contributed by atoms with Crippen LogP contribution in [0.1, 0.15) is 10.6 Å². The summed E-state index contributed by atoms with van der Waals surface area (Å²) in [5, 5.41) is 4.06. The van der Waals surface area contributed by atoms with Crippen molar-refractivity contribution < 1.29 is 14.3 Å². The Kier molecular flexibility index (Phi) is 4.75. The maximum absolute atomic E-state index is 12.5. The smallest absolute Gasteiger partial charge is 0.226 e. The minimum Gasteiger partial charge on any atom is -0.493 e. The zero-order chi connectivity index (χ0) is 17.9. The first-order valence-corrected chi connectivity index (χ1v) is 9.47. The molecule has 0 bridgehead atoms. The predicted octanol–water partition coefficient (Wildman–Crippen LogP) is 3.21. The standard InChI is InChI=1S/C20H20N2O3S/c1-24-16-7-4-5-13-11-14(12-25-19(13)16)20(23)21-10-9-18-22-15-6-2-3-8-17(15)26-18/h2-8,14H,9-12H2,1H3,(H,21,23)/t14-/m0/s1. The van der Waals surface area contributed by atoms with Gasteiger partial charge in [-0.3, -0.25) is 4.79 Å². The molecule has 0 fully saturated rings. The molecule has 26 heavy (non-hydrogen) atoms. The second kappa shape index (κ2) is 7.33. The van der Waals surface area contributed by atoms with Crippen molar-refractivity contribution in [2.24, 2.45) is 5.92 Å². The SMILES string of the molecule is COc1cccc2c1OC[C@@H](C(=O)NCCc1nc3ccccc3s1)C2. The van der Waals surface area contributed by atoms with E-state index in [-0.39, 0.29) is 11.8 Å². The van der Waals surface area contributed by atoms with Crippen LogP contribution in [0.15, 0.2) is 42.5 Å². The van der Waals surface area contributed by atoms with Crippen molar-refractivity contribution in [1.82, 2.24) is 10.3 Å². The number of nitrogens with zero attached hydrogens (tertiary/aromatic N) is 1. The molecular weight excluding hydrogens is 348 g/mol. The molecule has 0 unspecified atom stereocenters. The third-order valence-electron chi connectivity index (χ3n) is 4.52. The molecule has 0 saturated heterocycles. The molecule has 134 valence electrons. The van der Waals surface area contributed by atoms with Gasteiger partial charge in [-0.25, -0.2) is 4.98 Å². The second-order valence-corrected chi connectivity index (χ2v) is 7.39. The van der Waals surface area contributed by atoms with E-state index < -0.39 is 0 Å². The van der Waals surface area contributed by atoms with Gasteiger partial charge in [0.05, 0.1) is 28.3 Å². The van der Waals surface area contributed by atoms with Crippen molar-refractivity contribution in [2.45, 2.75) is 12.8 Å². The van der Waals surface area contributed by atoms with Crippen LogP contribution in [-0.2, 0) is 17.6 Å². The minimum atomic E-state index is -0.176. The zero-order valence-electron chi connectivity index (χ0n) is 14.5. The molecule has 3 aromatic rings. The normalized spacial score (nSPS) is 16.0. The van der Waals surface area contributed by atoms with E-state index in [4.69, 9.17) is 9.47 Å². The number of aromatic nitrogens is 1. The van der Waals surface area contributed by atoms with Crippen LogP contribution in [0.3, 0.4) is 0 Å². The number of carbonyl (C=O) groups excluding carboxylic acids is 1. The number of rotatable bonds is 5. The van der Waals surface area contributed by atoms with Crippen molar-refractivity contribution in [3.63, 3.8) is 0 Å². The molecule has 2 aromatic carbocycles. The Morgan fingerprint density at radius 3 is 3.04 bits per heavy atom. The highest BCUT2D eigenvalue weighted by Crippen LogP contribution is 2.36. The van der Waals surface area contributed by atoms with Crippen molar-refractivity contribution in [2.75, 3.05) is 20.3 Å². The Morgan fingerprint density at radius 1 is 1.31 bits per heavy atom. The molecular formula is C20H20N2O3S. The van der Waals surface area contributed by atoms with Gasteiger partial charge in [0.15, 0.2) is 11.5 Å². The van der Waals surface area contributed by atoms with Crippen LogP contribution in [0.2, 0.25) is 0 Å². The first-order chi connectivity index (χ1) is 12.7. The number of amides is 1. The molecule has 0 radical (unpaired) electrons. The fourth-order valence-electron chi connectivity index (χ4n) is 3.19. The van der Waals surface area contributed by atoms with Gasteiger partial charge in [-0.05, 0) is 30.2 Å². The topological polar surface area (TPSA) is 60.5 Å². The number of hydrogen-bond acceptors (Lipinski definition) is 5. The van der Waals surface area contributed by atoms with Gasteiger partial charge in [-0.1, -0.05) is 24.3 Å². The molecule has 1 N–H and O–H groups in total. The molecule has 0 spiro atoms. The van der Waals surface area contributed by atoms with Crippen LogP contribution >= 0.6 is 11.3 Å². The fraction of sp³-hybridized carbons (Fsp3) is 0.300. The number of hydrogen-bond donors (Lipinski definition) is 1. The van der Waals surface area contributed by atoms with Crippen LogP contribution in [0, 0.1) is 5.92 Å². The summed E-state index contributed by atoms with van der Waals surface area (Å²) >= 11 is 1.68. The van der Waals surface area contributed by atoms with Crippen molar-refractivity contribution in [3.8, 4) is 11.5 Å². The highest BCUT2D eigenvalue weighted by molar-refractivity contribution is 7.18. The monoisotopic (exact) mass is 368 g/mol. The Hall–Kier alpha value is -2.60. The molecule has 1 atom stereocenters. The molecule has 1 aliphatic rings. The molecule has 5 nitrogen and oxygen atoms in total. The average molecular weight is 368 g/mol. The van der Waals surface area contributed by atoms with E-state index in [1.54, 1.807) is 18.4 Å². The number of nitrogens with one attached hydrogen (secondary N) is 1. The van der Waals surface area contributed by atoms with Gasteiger partial charge < -0.3 is 14.8 Å². The largest absolute Gasteiger partial charge is 0.493 e. The summed E-state index contributed by atoms with van der Waals surface area (Å²) in [5.74, 6) is 1.33. The average Bonchev–Trinajstić information content (AvgIpc) is 3.09. The van der Waals surface area contributed by atoms with Gasteiger partial charge in [0, 0.05) is 13.0 Å². The van der Waals surface area contributed by atoms with Gasteiger partial charge in [-0.2, -0.15) is 0 Å². The maximum Gasteiger partial charge on any atom is 0.226 e. The fourth-order valence-corrected chi connectivity index (χ4v) is 4.15. The van der Waals surface area contributed by atoms with Gasteiger partial charge in [0.1, 0.15) is 6.61 Å². The van der Waals surface area contributed by atoms with Gasteiger partial charge in [-0.15, -0.1) is 11.3 Å². The van der Waals surface area contributed by atoms with Gasteiger partial charge in [0.2, 0.25) is 5.91 Å². The first kappa shape index (κ1) is 16.8. The highest BCUT2D eigenvalue weighted by atomic mass is 32.1. The molecule has 4 rings (SSSR count). The van der Waals surface area contributed by atoms with Crippen LogP contribution in [-0.4, -0.2) is 31.2 Å². The quantitative estimate of drug-likeness (QED) is 0.751. The van der Waals surface area contributed by atoms with E-state index in [1.807, 2.05) is 36.4 Å². The summed E-state index contributed by atoms with van der Waals surface area (Å²) in [5.41, 5.74) is 2.03. The Morgan fingerprint density at radius 2 is 2.19 bits per heavy atom. The molecule has 6 heteroatoms. The summed E-state index contributed by atoms with van der Waals surface area (Å²) in [6.45, 7) is 0.959. The minimum absolute atomic E-state index is 0.0274. The van der Waals surface area contributed by atoms with E-state index in [0.29, 0.717) is 19.6 Å². The van der Waals surface area contributed by atoms with E-state index >= 15 is 0 Å². The van der Waals surface area contributed by atoms with Crippen molar-refractivity contribution >= 4 is 27.5 Å². The number of carbonyl (C=O) groups is 1. The number of para-hydroxylation sites is 2. The third kappa shape index (κ3) is 3.37. The Labute approximate surface area is 156 Å². The molecule has 0 saturated carbocycles. The van der Waals surface area contributed by atoms with Crippen LogP contribution in [0.4, 0.5) is 0 Å². The summed E-state index contributed by atoms with van der Waals surface area (Å²) in [7, 11) is 1.62. The van der Waals surface area contributed by atoms with E-state index in [1.165, 1.54) is 4.70 Å². The molecule has 1 aromatic heterocycles. The lowest BCUT2D eigenvalue weighted by Crippen LogP contribution is -2.38. The van der Waals surface area contributed by atoms with Crippen LogP contribution in [0.25, 0.3) is 10.2 Å². The lowest BCUT2D eigenvalue weighted by atomic mass is 9.95. The van der Waals surface area contributed by atoms with E-state index in [2.05, 4.69) is 16.4 Å². The molecule has 1 aliphatic heterocycles.